The number of hydrogen-bond acceptors (Lipinski definition) is 6. The highest BCUT2D eigenvalue weighted by molar-refractivity contribution is 7.18. The second-order valence-corrected chi connectivity index (χ2v) is 8.19. The van der Waals surface area contributed by atoms with E-state index in [9.17, 15) is 4.79 Å². The second kappa shape index (κ2) is 10.1. The maximum atomic E-state index is 12.2. The third kappa shape index (κ3) is 5.87. The summed E-state index contributed by atoms with van der Waals surface area (Å²) in [6.07, 6.45) is 3.52. The number of ether oxygens (including phenoxy) is 2. The van der Waals surface area contributed by atoms with Gasteiger partial charge in [-0.05, 0) is 42.8 Å². The summed E-state index contributed by atoms with van der Waals surface area (Å²) >= 11 is 1.58. The van der Waals surface area contributed by atoms with Crippen molar-refractivity contribution in [3.8, 4) is 5.75 Å². The van der Waals surface area contributed by atoms with Gasteiger partial charge in [-0.3, -0.25) is 9.78 Å². The molecule has 2 aromatic carbocycles. The number of pyridine rings is 1. The molecular formula is C24H23N3O3S. The number of thiazole rings is 1. The lowest BCUT2D eigenvalue weighted by atomic mass is 10.1. The Kier molecular flexibility index (Phi) is 6.86. The zero-order valence-electron chi connectivity index (χ0n) is 17.2. The van der Waals surface area contributed by atoms with Gasteiger partial charge in [-0.1, -0.05) is 30.3 Å². The minimum absolute atomic E-state index is 0.00737. The zero-order valence-corrected chi connectivity index (χ0v) is 18.0. The third-order valence-electron chi connectivity index (χ3n) is 4.68. The molecule has 31 heavy (non-hydrogen) atoms. The number of para-hydroxylation sites is 1. The van der Waals surface area contributed by atoms with Crippen LogP contribution in [0.3, 0.4) is 0 Å². The molecule has 4 aromatic rings. The lowest BCUT2D eigenvalue weighted by Crippen LogP contribution is -2.30. The van der Waals surface area contributed by atoms with E-state index >= 15 is 0 Å². The SMILES string of the molecule is CC(NC(=O)COCc1nc2ccccc2s1)c1ccc(OCc2cccnc2)cc1. The normalized spacial score (nSPS) is 11.9. The van der Waals surface area contributed by atoms with Crippen LogP contribution < -0.4 is 10.1 Å². The molecule has 0 spiro atoms. The summed E-state index contributed by atoms with van der Waals surface area (Å²) in [5.41, 5.74) is 2.96. The molecule has 0 radical (unpaired) electrons. The first-order valence-electron chi connectivity index (χ1n) is 10.0. The molecule has 0 saturated carbocycles. The lowest BCUT2D eigenvalue weighted by Gasteiger charge is -2.15. The first-order valence-corrected chi connectivity index (χ1v) is 10.8. The highest BCUT2D eigenvalue weighted by Gasteiger charge is 2.11. The molecule has 2 aromatic heterocycles. The molecule has 158 valence electrons. The molecule has 0 saturated heterocycles. The molecule has 0 aliphatic rings. The smallest absolute Gasteiger partial charge is 0.246 e. The predicted molar refractivity (Wildman–Crippen MR) is 121 cm³/mol. The Morgan fingerprint density at radius 1 is 1.06 bits per heavy atom. The van der Waals surface area contributed by atoms with E-state index in [4.69, 9.17) is 9.47 Å². The predicted octanol–water partition coefficient (Wildman–Crippen LogP) is 4.66. The number of nitrogens with zero attached hydrogens (tertiary/aromatic N) is 2. The molecule has 4 rings (SSSR count). The van der Waals surface area contributed by atoms with Crippen LogP contribution >= 0.6 is 11.3 Å². The number of fused-ring (bicyclic) bond motifs is 1. The van der Waals surface area contributed by atoms with E-state index in [1.807, 2.05) is 67.6 Å². The number of nitrogens with one attached hydrogen (secondary N) is 1. The molecule has 1 atom stereocenters. The number of amides is 1. The quantitative estimate of drug-likeness (QED) is 0.415. The Hall–Kier alpha value is -3.29. The number of carbonyl (C=O) groups excluding carboxylic acids is 1. The van der Waals surface area contributed by atoms with E-state index in [1.54, 1.807) is 23.7 Å². The van der Waals surface area contributed by atoms with Crippen LogP contribution in [-0.2, 0) is 22.7 Å². The molecule has 1 N–H and O–H groups in total. The van der Waals surface area contributed by atoms with Crippen LogP contribution in [0, 0.1) is 0 Å². The van der Waals surface area contributed by atoms with Crippen molar-refractivity contribution in [3.63, 3.8) is 0 Å². The Labute approximate surface area is 184 Å². The van der Waals surface area contributed by atoms with Crippen molar-refractivity contribution in [1.29, 1.82) is 0 Å². The van der Waals surface area contributed by atoms with E-state index in [0.717, 1.165) is 32.1 Å². The lowest BCUT2D eigenvalue weighted by molar-refractivity contribution is -0.126. The van der Waals surface area contributed by atoms with Gasteiger partial charge in [-0.25, -0.2) is 4.98 Å². The van der Waals surface area contributed by atoms with Crippen LogP contribution in [0.4, 0.5) is 0 Å². The summed E-state index contributed by atoms with van der Waals surface area (Å²) in [6, 6.07) is 19.4. The van der Waals surface area contributed by atoms with Gasteiger partial charge in [0.1, 0.15) is 24.0 Å². The van der Waals surface area contributed by atoms with Crippen molar-refractivity contribution < 1.29 is 14.3 Å². The van der Waals surface area contributed by atoms with Crippen LogP contribution in [0.25, 0.3) is 10.2 Å². The van der Waals surface area contributed by atoms with E-state index in [1.165, 1.54) is 0 Å². The van der Waals surface area contributed by atoms with Crippen LogP contribution in [-0.4, -0.2) is 22.5 Å². The van der Waals surface area contributed by atoms with Crippen LogP contribution in [0.15, 0.2) is 73.1 Å². The number of rotatable bonds is 9. The van der Waals surface area contributed by atoms with E-state index in [-0.39, 0.29) is 18.6 Å². The fraction of sp³-hybridized carbons (Fsp3) is 0.208. The van der Waals surface area contributed by atoms with E-state index in [2.05, 4.69) is 15.3 Å². The summed E-state index contributed by atoms with van der Waals surface area (Å²) in [6.45, 7) is 2.72. The van der Waals surface area contributed by atoms with Crippen molar-refractivity contribution in [2.24, 2.45) is 0 Å². The first kappa shape index (κ1) is 21.0. The minimum atomic E-state index is -0.162. The summed E-state index contributed by atoms with van der Waals surface area (Å²) in [5.74, 6) is 0.607. The molecule has 7 heteroatoms. The summed E-state index contributed by atoms with van der Waals surface area (Å²) < 4.78 is 12.4. The van der Waals surface area contributed by atoms with E-state index in [0.29, 0.717) is 13.2 Å². The summed E-state index contributed by atoms with van der Waals surface area (Å²) in [5, 5.41) is 3.82. The van der Waals surface area contributed by atoms with Gasteiger partial charge < -0.3 is 14.8 Å². The molecule has 2 heterocycles. The minimum Gasteiger partial charge on any atom is -0.489 e. The number of benzene rings is 2. The molecule has 1 unspecified atom stereocenters. The topological polar surface area (TPSA) is 73.3 Å². The standard InChI is InChI=1S/C24H23N3O3S/c1-17(19-8-10-20(11-9-19)30-14-18-5-4-12-25-13-18)26-23(28)15-29-16-24-27-21-6-2-3-7-22(21)31-24/h2-13,17H,14-16H2,1H3,(H,26,28). The van der Waals surface area contributed by atoms with Gasteiger partial charge in [0.05, 0.1) is 22.9 Å². The van der Waals surface area contributed by atoms with Crippen molar-refractivity contribution in [2.75, 3.05) is 6.61 Å². The largest absolute Gasteiger partial charge is 0.489 e. The Morgan fingerprint density at radius 3 is 2.68 bits per heavy atom. The first-order chi connectivity index (χ1) is 15.2. The van der Waals surface area contributed by atoms with Crippen molar-refractivity contribution in [1.82, 2.24) is 15.3 Å². The Morgan fingerprint density at radius 2 is 1.90 bits per heavy atom. The van der Waals surface area contributed by atoms with Gasteiger partial charge in [-0.15, -0.1) is 11.3 Å². The van der Waals surface area contributed by atoms with Gasteiger partial charge in [0, 0.05) is 18.0 Å². The van der Waals surface area contributed by atoms with Gasteiger partial charge in [0.15, 0.2) is 0 Å². The maximum absolute atomic E-state index is 12.2. The summed E-state index contributed by atoms with van der Waals surface area (Å²) in [7, 11) is 0. The number of hydrogen-bond donors (Lipinski definition) is 1. The highest BCUT2D eigenvalue weighted by atomic mass is 32.1. The van der Waals surface area contributed by atoms with Gasteiger partial charge in [-0.2, -0.15) is 0 Å². The molecule has 0 fully saturated rings. The van der Waals surface area contributed by atoms with Crippen molar-refractivity contribution >= 4 is 27.5 Å². The highest BCUT2D eigenvalue weighted by Crippen LogP contribution is 2.22. The maximum Gasteiger partial charge on any atom is 0.246 e. The number of aromatic nitrogens is 2. The van der Waals surface area contributed by atoms with Crippen LogP contribution in [0.2, 0.25) is 0 Å². The third-order valence-corrected chi connectivity index (χ3v) is 5.69. The molecule has 1 amide bonds. The van der Waals surface area contributed by atoms with Crippen LogP contribution in [0.5, 0.6) is 5.75 Å². The molecule has 0 aliphatic carbocycles. The monoisotopic (exact) mass is 433 g/mol. The Balaban J connectivity index is 1.21. The molecule has 0 bridgehead atoms. The Bertz CT molecular complexity index is 1100. The molecule has 0 aliphatic heterocycles. The zero-order chi connectivity index (χ0) is 21.5. The van der Waals surface area contributed by atoms with Crippen molar-refractivity contribution in [2.45, 2.75) is 26.2 Å². The van der Waals surface area contributed by atoms with Gasteiger partial charge in [0.2, 0.25) is 5.91 Å². The fourth-order valence-corrected chi connectivity index (χ4v) is 3.99. The fourth-order valence-electron chi connectivity index (χ4n) is 3.08. The average molecular weight is 434 g/mol. The van der Waals surface area contributed by atoms with Gasteiger partial charge >= 0.3 is 0 Å². The van der Waals surface area contributed by atoms with Gasteiger partial charge in [0.25, 0.3) is 0 Å². The average Bonchev–Trinajstić information content (AvgIpc) is 3.21. The second-order valence-electron chi connectivity index (χ2n) is 7.08. The van der Waals surface area contributed by atoms with Crippen molar-refractivity contribution in [3.05, 3.63) is 89.2 Å². The van der Waals surface area contributed by atoms with E-state index < -0.39 is 0 Å². The van der Waals surface area contributed by atoms with Crippen LogP contribution in [0.1, 0.15) is 29.1 Å². The number of carbonyl (C=O) groups is 1. The molecule has 6 nitrogen and oxygen atoms in total. The summed E-state index contributed by atoms with van der Waals surface area (Å²) in [4.78, 5) is 20.8. The molecular weight excluding hydrogens is 410 g/mol.